The molecular weight excluding hydrogens is 260 g/mol. The Labute approximate surface area is 119 Å². The van der Waals surface area contributed by atoms with Gasteiger partial charge in [0.25, 0.3) is 0 Å². The molecule has 5 heteroatoms. The molecule has 0 fully saturated rings. The second-order valence-corrected chi connectivity index (χ2v) is 6.81. The van der Waals surface area contributed by atoms with Crippen LogP contribution in [0.15, 0.2) is 12.2 Å². The van der Waals surface area contributed by atoms with E-state index in [0.717, 1.165) is 0 Å². The molecule has 19 heavy (non-hydrogen) atoms. The molecule has 0 atom stereocenters. The summed E-state index contributed by atoms with van der Waals surface area (Å²) in [6, 6.07) is 1.23. The Morgan fingerprint density at radius 3 is 2.58 bits per heavy atom. The first-order valence-electron chi connectivity index (χ1n) is 6.93. The zero-order chi connectivity index (χ0) is 14.7. The highest BCUT2D eigenvalue weighted by molar-refractivity contribution is 6.26. The van der Waals surface area contributed by atoms with Crippen molar-refractivity contribution in [3.8, 4) is 0 Å². The summed E-state index contributed by atoms with van der Waals surface area (Å²) in [4.78, 5) is 11.3. The van der Waals surface area contributed by atoms with E-state index in [4.69, 9.17) is 13.9 Å². The lowest BCUT2D eigenvalue weighted by atomic mass is 10.1. The predicted octanol–water partition coefficient (Wildman–Crippen LogP) is 2.22. The maximum atomic E-state index is 11.3. The summed E-state index contributed by atoms with van der Waals surface area (Å²) in [7, 11) is -0.376. The maximum Gasteiger partial charge on any atom is 0.333 e. The molecular formula is C14H28O4Si. The smallest absolute Gasteiger partial charge is 0.333 e. The van der Waals surface area contributed by atoms with Crippen LogP contribution in [0.5, 0.6) is 0 Å². The van der Waals surface area contributed by atoms with Gasteiger partial charge in [-0.25, -0.2) is 4.79 Å². The van der Waals surface area contributed by atoms with Gasteiger partial charge in [-0.1, -0.05) is 26.3 Å². The monoisotopic (exact) mass is 288 g/mol. The Hall–Kier alpha value is -0.653. The first-order chi connectivity index (χ1) is 8.89. The molecule has 0 unspecified atom stereocenters. The molecule has 0 N–H and O–H groups in total. The van der Waals surface area contributed by atoms with Crippen molar-refractivity contribution < 1.29 is 18.7 Å². The minimum absolute atomic E-state index is 0.228. The van der Waals surface area contributed by atoms with Gasteiger partial charge in [-0.2, -0.15) is 0 Å². The number of carbonyl (C=O) groups excluding carboxylic acids is 1. The summed E-state index contributed by atoms with van der Waals surface area (Å²) in [5.74, 6) is -0.375. The van der Waals surface area contributed by atoms with Gasteiger partial charge in [0.15, 0.2) is 9.76 Å². The lowest BCUT2D eigenvalue weighted by Crippen LogP contribution is -2.33. The number of carbonyl (C=O) groups is 1. The summed E-state index contributed by atoms with van der Waals surface area (Å²) in [5.41, 5.74) is -0.0829. The van der Waals surface area contributed by atoms with Crippen LogP contribution in [0.1, 0.15) is 40.5 Å². The fraction of sp³-hybridized carbons (Fsp3) is 0.786. The molecule has 0 aliphatic carbocycles. The zero-order valence-corrected chi connectivity index (χ0v) is 14.2. The topological polar surface area (TPSA) is 44.8 Å². The third kappa shape index (κ3) is 10.9. The number of rotatable bonds is 11. The molecule has 0 aromatic carbocycles. The van der Waals surface area contributed by atoms with Crippen LogP contribution >= 0.6 is 0 Å². The standard InChI is InChI=1S/C14H28O4Si/c1-6-7-10-19-18-9-8-17-14(4,5)11-16-13(15)12(2)3/h2,6-11,19H2,1,3-5H3. The Morgan fingerprint density at radius 1 is 1.32 bits per heavy atom. The van der Waals surface area contributed by atoms with E-state index in [1.807, 2.05) is 13.8 Å². The molecule has 0 bridgehead atoms. The molecule has 0 amide bonds. The van der Waals surface area contributed by atoms with Crippen molar-refractivity contribution in [1.29, 1.82) is 0 Å². The van der Waals surface area contributed by atoms with Crippen LogP contribution in [0.4, 0.5) is 0 Å². The van der Waals surface area contributed by atoms with Crippen molar-refractivity contribution in [3.05, 3.63) is 12.2 Å². The van der Waals surface area contributed by atoms with Gasteiger partial charge >= 0.3 is 5.97 Å². The highest BCUT2D eigenvalue weighted by Gasteiger charge is 2.20. The Morgan fingerprint density at radius 2 is 2.00 bits per heavy atom. The van der Waals surface area contributed by atoms with E-state index in [1.165, 1.54) is 18.9 Å². The molecule has 0 heterocycles. The second kappa shape index (κ2) is 10.2. The first kappa shape index (κ1) is 18.3. The summed E-state index contributed by atoms with van der Waals surface area (Å²) in [6.07, 6.45) is 2.49. The van der Waals surface area contributed by atoms with Gasteiger partial charge in [0, 0.05) is 5.57 Å². The van der Waals surface area contributed by atoms with E-state index in [1.54, 1.807) is 6.92 Å². The molecule has 0 saturated carbocycles. The van der Waals surface area contributed by atoms with E-state index in [-0.39, 0.29) is 22.3 Å². The van der Waals surface area contributed by atoms with Crippen LogP contribution in [0.2, 0.25) is 6.04 Å². The number of hydrogen-bond acceptors (Lipinski definition) is 4. The quantitative estimate of drug-likeness (QED) is 0.253. The number of hydrogen-bond donors (Lipinski definition) is 0. The number of unbranched alkanes of at least 4 members (excludes halogenated alkanes) is 1. The van der Waals surface area contributed by atoms with E-state index < -0.39 is 5.60 Å². The molecule has 0 aromatic rings. The van der Waals surface area contributed by atoms with Gasteiger partial charge in [-0.05, 0) is 26.8 Å². The van der Waals surface area contributed by atoms with E-state index in [2.05, 4.69) is 13.5 Å². The highest BCUT2D eigenvalue weighted by Crippen LogP contribution is 2.10. The van der Waals surface area contributed by atoms with Crippen molar-refractivity contribution >= 4 is 15.7 Å². The summed E-state index contributed by atoms with van der Waals surface area (Å²) < 4.78 is 16.3. The normalized spacial score (nSPS) is 12.0. The SMILES string of the molecule is C=C(C)C(=O)OCC(C)(C)OCCO[SiH2]CCCC. The van der Waals surface area contributed by atoms with Crippen molar-refractivity contribution in [3.63, 3.8) is 0 Å². The molecule has 0 saturated heterocycles. The number of ether oxygens (including phenoxy) is 2. The van der Waals surface area contributed by atoms with Gasteiger partial charge in [-0.3, -0.25) is 0 Å². The molecule has 0 aliphatic heterocycles. The van der Waals surface area contributed by atoms with Crippen molar-refractivity contribution in [2.45, 2.75) is 52.2 Å². The summed E-state index contributed by atoms with van der Waals surface area (Å²) in [6.45, 7) is 12.5. The lowest BCUT2D eigenvalue weighted by Gasteiger charge is -2.24. The zero-order valence-electron chi connectivity index (χ0n) is 12.8. The largest absolute Gasteiger partial charge is 0.459 e. The van der Waals surface area contributed by atoms with Gasteiger partial charge in [0.05, 0.1) is 18.8 Å². The lowest BCUT2D eigenvalue weighted by molar-refractivity contribution is -0.149. The Balaban J connectivity index is 3.61. The molecule has 0 aromatic heterocycles. The maximum absolute atomic E-state index is 11.3. The summed E-state index contributed by atoms with van der Waals surface area (Å²) >= 11 is 0. The van der Waals surface area contributed by atoms with Gasteiger partial charge < -0.3 is 13.9 Å². The van der Waals surface area contributed by atoms with Crippen LogP contribution in [0.25, 0.3) is 0 Å². The van der Waals surface area contributed by atoms with Crippen LogP contribution < -0.4 is 0 Å². The predicted molar refractivity (Wildman–Crippen MR) is 80.0 cm³/mol. The Kier molecular flexibility index (Phi) is 9.82. The average Bonchev–Trinajstić information content (AvgIpc) is 2.34. The third-order valence-electron chi connectivity index (χ3n) is 2.51. The fourth-order valence-electron chi connectivity index (χ4n) is 1.34. The fourth-order valence-corrected chi connectivity index (χ4v) is 2.57. The van der Waals surface area contributed by atoms with Crippen LogP contribution in [-0.4, -0.2) is 41.2 Å². The van der Waals surface area contributed by atoms with E-state index in [0.29, 0.717) is 18.8 Å². The van der Waals surface area contributed by atoms with E-state index >= 15 is 0 Å². The molecule has 112 valence electrons. The second-order valence-electron chi connectivity index (χ2n) is 5.28. The van der Waals surface area contributed by atoms with Crippen molar-refractivity contribution in [2.24, 2.45) is 0 Å². The van der Waals surface area contributed by atoms with Crippen molar-refractivity contribution in [1.82, 2.24) is 0 Å². The van der Waals surface area contributed by atoms with Crippen LogP contribution in [0, 0.1) is 0 Å². The average molecular weight is 288 g/mol. The van der Waals surface area contributed by atoms with Crippen molar-refractivity contribution in [2.75, 3.05) is 19.8 Å². The first-order valence-corrected chi connectivity index (χ1v) is 8.51. The molecule has 0 radical (unpaired) electrons. The van der Waals surface area contributed by atoms with Crippen LogP contribution in [-0.2, 0) is 18.7 Å². The van der Waals surface area contributed by atoms with Crippen LogP contribution in [0.3, 0.4) is 0 Å². The molecule has 0 rings (SSSR count). The van der Waals surface area contributed by atoms with Gasteiger partial charge in [0.1, 0.15) is 6.61 Å². The Bertz CT molecular complexity index is 277. The van der Waals surface area contributed by atoms with E-state index in [9.17, 15) is 4.79 Å². The third-order valence-corrected chi connectivity index (χ3v) is 3.88. The number of esters is 1. The highest BCUT2D eigenvalue weighted by atomic mass is 28.2. The van der Waals surface area contributed by atoms with Gasteiger partial charge in [0.2, 0.25) is 0 Å². The minimum atomic E-state index is -0.487. The molecule has 0 spiro atoms. The molecule has 0 aliphatic rings. The summed E-state index contributed by atoms with van der Waals surface area (Å²) in [5, 5.41) is 0. The van der Waals surface area contributed by atoms with Gasteiger partial charge in [-0.15, -0.1) is 0 Å². The molecule has 4 nitrogen and oxygen atoms in total. The minimum Gasteiger partial charge on any atom is -0.459 e.